The lowest BCUT2D eigenvalue weighted by molar-refractivity contribution is -0.144. The molecule has 0 saturated carbocycles. The van der Waals surface area contributed by atoms with Crippen molar-refractivity contribution in [2.45, 2.75) is 19.9 Å². The summed E-state index contributed by atoms with van der Waals surface area (Å²) >= 11 is 6.22. The van der Waals surface area contributed by atoms with E-state index < -0.39 is 12.0 Å². The van der Waals surface area contributed by atoms with Crippen molar-refractivity contribution < 1.29 is 14.7 Å². The monoisotopic (exact) mass is 307 g/mol. The minimum absolute atomic E-state index is 0.281. The number of hydrogen-bond donors (Lipinski definition) is 1. The molecule has 0 radical (unpaired) electrons. The molecule has 0 spiro atoms. The van der Waals surface area contributed by atoms with Crippen LogP contribution in [0.25, 0.3) is 6.08 Å². The number of carboxylic acid groups (broad SMARTS) is 1. The van der Waals surface area contributed by atoms with Crippen LogP contribution in [0.1, 0.15) is 18.1 Å². The lowest BCUT2D eigenvalue weighted by Crippen LogP contribution is -2.41. The number of benzene rings is 1. The van der Waals surface area contributed by atoms with Crippen molar-refractivity contribution in [1.82, 2.24) is 4.90 Å². The standard InChI is InChI=1S/C14H13NO3S2/c1-8-3-5-10(6-4-8)7-11-12(16)15(14(19)20-11)9(2)13(17)18/h3-7,9H,1-2H3,(H,17,18)/b11-7+/t9-/m0/s1. The molecule has 0 aliphatic carbocycles. The summed E-state index contributed by atoms with van der Waals surface area (Å²) in [6.07, 6.45) is 1.73. The van der Waals surface area contributed by atoms with Crippen molar-refractivity contribution in [3.63, 3.8) is 0 Å². The molecule has 6 heteroatoms. The molecule has 0 unspecified atom stereocenters. The molecule has 4 nitrogen and oxygen atoms in total. The van der Waals surface area contributed by atoms with Crippen molar-refractivity contribution in [2.24, 2.45) is 0 Å². The van der Waals surface area contributed by atoms with Crippen LogP contribution < -0.4 is 0 Å². The van der Waals surface area contributed by atoms with Gasteiger partial charge >= 0.3 is 5.97 Å². The van der Waals surface area contributed by atoms with Crippen molar-refractivity contribution in [1.29, 1.82) is 0 Å². The highest BCUT2D eigenvalue weighted by atomic mass is 32.2. The van der Waals surface area contributed by atoms with Crippen LogP contribution in [-0.4, -0.2) is 32.2 Å². The van der Waals surface area contributed by atoms with Gasteiger partial charge < -0.3 is 5.11 Å². The Morgan fingerprint density at radius 1 is 1.40 bits per heavy atom. The van der Waals surface area contributed by atoms with Gasteiger partial charge in [-0.1, -0.05) is 53.8 Å². The van der Waals surface area contributed by atoms with Crippen LogP contribution in [0.5, 0.6) is 0 Å². The number of aryl methyl sites for hydroxylation is 1. The second kappa shape index (κ2) is 5.76. The lowest BCUT2D eigenvalue weighted by Gasteiger charge is -2.18. The Labute approximate surface area is 126 Å². The molecule has 1 N–H and O–H groups in total. The van der Waals surface area contributed by atoms with E-state index in [1.807, 2.05) is 31.2 Å². The predicted octanol–water partition coefficient (Wildman–Crippen LogP) is 2.67. The number of nitrogens with zero attached hydrogens (tertiary/aromatic N) is 1. The van der Waals surface area contributed by atoms with E-state index in [9.17, 15) is 9.59 Å². The summed E-state index contributed by atoms with van der Waals surface area (Å²) < 4.78 is 0.281. The number of rotatable bonds is 3. The van der Waals surface area contributed by atoms with Gasteiger partial charge in [0.05, 0.1) is 4.91 Å². The largest absolute Gasteiger partial charge is 0.480 e. The molecule has 104 valence electrons. The third-order valence-corrected chi connectivity index (χ3v) is 4.27. The first kappa shape index (κ1) is 14.7. The Balaban J connectivity index is 2.28. The highest BCUT2D eigenvalue weighted by Gasteiger charge is 2.38. The quantitative estimate of drug-likeness (QED) is 0.687. The van der Waals surface area contributed by atoms with Gasteiger partial charge in [-0.25, -0.2) is 4.79 Å². The van der Waals surface area contributed by atoms with Gasteiger partial charge in [-0.15, -0.1) is 0 Å². The normalized spacial score (nSPS) is 18.7. The number of carbonyl (C=O) groups excluding carboxylic acids is 1. The van der Waals surface area contributed by atoms with Gasteiger partial charge in [0.15, 0.2) is 0 Å². The number of carboxylic acids is 1. The molecule has 1 fully saturated rings. The van der Waals surface area contributed by atoms with Gasteiger partial charge in [0, 0.05) is 0 Å². The zero-order valence-electron chi connectivity index (χ0n) is 11.0. The highest BCUT2D eigenvalue weighted by Crippen LogP contribution is 2.33. The second-order valence-corrected chi connectivity index (χ2v) is 6.15. The first-order chi connectivity index (χ1) is 9.40. The first-order valence-corrected chi connectivity index (χ1v) is 7.19. The molecule has 1 aliphatic heterocycles. The van der Waals surface area contributed by atoms with Crippen LogP contribution in [0, 0.1) is 6.92 Å². The molecule has 20 heavy (non-hydrogen) atoms. The molecule has 1 amide bonds. The topological polar surface area (TPSA) is 57.6 Å². The maximum absolute atomic E-state index is 12.2. The Morgan fingerprint density at radius 2 is 2.00 bits per heavy atom. The van der Waals surface area contributed by atoms with E-state index in [-0.39, 0.29) is 10.2 Å². The summed E-state index contributed by atoms with van der Waals surface area (Å²) in [5.41, 5.74) is 2.02. The fraction of sp³-hybridized carbons (Fsp3) is 0.214. The molecular formula is C14H13NO3S2. The van der Waals surface area contributed by atoms with E-state index in [2.05, 4.69) is 0 Å². The predicted molar refractivity (Wildman–Crippen MR) is 83.3 cm³/mol. The molecule has 1 heterocycles. The summed E-state index contributed by atoms with van der Waals surface area (Å²) in [5, 5.41) is 9.00. The third kappa shape index (κ3) is 2.91. The van der Waals surface area contributed by atoms with Crippen LogP contribution in [0.3, 0.4) is 0 Å². The first-order valence-electron chi connectivity index (χ1n) is 5.96. The fourth-order valence-corrected chi connectivity index (χ4v) is 3.16. The molecule has 1 aromatic rings. The van der Waals surface area contributed by atoms with Crippen molar-refractivity contribution in [3.05, 3.63) is 40.3 Å². The number of carbonyl (C=O) groups is 2. The van der Waals surface area contributed by atoms with E-state index in [4.69, 9.17) is 17.3 Å². The number of hydrogen-bond acceptors (Lipinski definition) is 4. The van der Waals surface area contributed by atoms with E-state index in [0.717, 1.165) is 27.8 Å². The fourth-order valence-electron chi connectivity index (χ4n) is 1.74. The molecule has 1 saturated heterocycles. The van der Waals surface area contributed by atoms with E-state index in [0.29, 0.717) is 4.91 Å². The van der Waals surface area contributed by atoms with Gasteiger partial charge in [-0.2, -0.15) is 0 Å². The summed E-state index contributed by atoms with van der Waals surface area (Å²) in [6.45, 7) is 3.43. The van der Waals surface area contributed by atoms with Gasteiger partial charge in [0.1, 0.15) is 10.4 Å². The number of aliphatic carboxylic acids is 1. The highest BCUT2D eigenvalue weighted by molar-refractivity contribution is 8.26. The number of thiocarbonyl (C=S) groups is 1. The van der Waals surface area contributed by atoms with E-state index in [1.165, 1.54) is 6.92 Å². The van der Waals surface area contributed by atoms with Crippen molar-refractivity contribution >= 4 is 46.3 Å². The zero-order valence-corrected chi connectivity index (χ0v) is 12.6. The molecule has 0 aromatic heterocycles. The summed E-state index contributed by atoms with van der Waals surface area (Å²) in [4.78, 5) is 24.8. The van der Waals surface area contributed by atoms with E-state index in [1.54, 1.807) is 6.08 Å². The minimum Gasteiger partial charge on any atom is -0.480 e. The molecule has 0 bridgehead atoms. The maximum atomic E-state index is 12.2. The Bertz CT molecular complexity index is 607. The van der Waals surface area contributed by atoms with Crippen molar-refractivity contribution in [3.8, 4) is 0 Å². The zero-order chi connectivity index (χ0) is 14.9. The SMILES string of the molecule is Cc1ccc(/C=C2/SC(=S)N([C@@H](C)C(=O)O)C2=O)cc1. The van der Waals surface area contributed by atoms with Crippen LogP contribution in [0.2, 0.25) is 0 Å². The molecular weight excluding hydrogens is 294 g/mol. The van der Waals surface area contributed by atoms with Gasteiger partial charge in [0.25, 0.3) is 5.91 Å². The minimum atomic E-state index is -1.07. The average molecular weight is 307 g/mol. The van der Waals surface area contributed by atoms with Crippen LogP contribution >= 0.6 is 24.0 Å². The Kier molecular flexibility index (Phi) is 4.25. The molecule has 1 aromatic carbocycles. The lowest BCUT2D eigenvalue weighted by atomic mass is 10.1. The van der Waals surface area contributed by atoms with E-state index >= 15 is 0 Å². The average Bonchev–Trinajstić information content (AvgIpc) is 2.66. The van der Waals surface area contributed by atoms with Gasteiger partial charge in [-0.3, -0.25) is 9.69 Å². The van der Waals surface area contributed by atoms with Gasteiger partial charge in [-0.05, 0) is 25.5 Å². The Hall–Kier alpha value is -1.66. The third-order valence-electron chi connectivity index (χ3n) is 2.94. The van der Waals surface area contributed by atoms with Crippen LogP contribution in [0.4, 0.5) is 0 Å². The second-order valence-electron chi connectivity index (χ2n) is 4.48. The molecule has 2 rings (SSSR count). The summed E-state index contributed by atoms with van der Waals surface area (Å²) in [7, 11) is 0. The molecule has 1 atom stereocenters. The smallest absolute Gasteiger partial charge is 0.326 e. The number of amides is 1. The van der Waals surface area contributed by atoms with Gasteiger partial charge in [0.2, 0.25) is 0 Å². The summed E-state index contributed by atoms with van der Waals surface area (Å²) in [5.74, 6) is -1.42. The number of thioether (sulfide) groups is 1. The molecule has 1 aliphatic rings. The van der Waals surface area contributed by atoms with Crippen molar-refractivity contribution in [2.75, 3.05) is 0 Å². The Morgan fingerprint density at radius 3 is 2.55 bits per heavy atom. The van der Waals surface area contributed by atoms with Crippen LogP contribution in [0.15, 0.2) is 29.2 Å². The summed E-state index contributed by atoms with van der Waals surface area (Å²) in [6, 6.07) is 6.76. The van der Waals surface area contributed by atoms with Crippen LogP contribution in [-0.2, 0) is 9.59 Å². The maximum Gasteiger partial charge on any atom is 0.326 e.